The lowest BCUT2D eigenvalue weighted by atomic mass is 9.96. The van der Waals surface area contributed by atoms with Crippen LogP contribution >= 0.6 is 0 Å². The number of benzene rings is 1. The molecule has 2 N–H and O–H groups in total. The smallest absolute Gasteiger partial charge is 0.306 e. The highest BCUT2D eigenvalue weighted by Crippen LogP contribution is 2.29. The maximum Gasteiger partial charge on any atom is 0.306 e. The van der Waals surface area contributed by atoms with Crippen LogP contribution < -0.4 is 5.32 Å². The van der Waals surface area contributed by atoms with Crippen LogP contribution in [0.2, 0.25) is 0 Å². The van der Waals surface area contributed by atoms with Crippen molar-refractivity contribution in [3.63, 3.8) is 0 Å². The first kappa shape index (κ1) is 18.6. The average Bonchev–Trinajstić information content (AvgIpc) is 2.98. The van der Waals surface area contributed by atoms with E-state index in [1.807, 2.05) is 18.2 Å². The van der Waals surface area contributed by atoms with Gasteiger partial charge in [0.05, 0.1) is 5.92 Å². The summed E-state index contributed by atoms with van der Waals surface area (Å²) in [7, 11) is 0. The molecule has 2 fully saturated rings. The SMILES string of the molecule is O=C1CCC(N2Cc3cc(CN4CCC(C(=O)O)CC4)ccc3C2=O)C(=O)N1. The van der Waals surface area contributed by atoms with Crippen molar-refractivity contribution in [1.82, 2.24) is 15.1 Å². The molecule has 3 aliphatic heterocycles. The molecule has 0 spiro atoms. The summed E-state index contributed by atoms with van der Waals surface area (Å²) in [5, 5.41) is 11.4. The summed E-state index contributed by atoms with van der Waals surface area (Å²) in [6.45, 7) is 2.58. The highest BCUT2D eigenvalue weighted by molar-refractivity contribution is 6.05. The van der Waals surface area contributed by atoms with E-state index in [1.165, 1.54) is 0 Å². The molecule has 0 radical (unpaired) electrons. The van der Waals surface area contributed by atoms with Gasteiger partial charge < -0.3 is 10.0 Å². The van der Waals surface area contributed by atoms with Crippen LogP contribution in [-0.4, -0.2) is 57.7 Å². The number of carbonyl (C=O) groups is 4. The summed E-state index contributed by atoms with van der Waals surface area (Å²) in [5.74, 6) is -1.84. The monoisotopic (exact) mass is 385 g/mol. The topological polar surface area (TPSA) is 107 Å². The largest absolute Gasteiger partial charge is 0.481 e. The number of carbonyl (C=O) groups excluding carboxylic acids is 3. The number of aliphatic carboxylic acids is 1. The number of carboxylic acids is 1. The van der Waals surface area contributed by atoms with E-state index in [4.69, 9.17) is 5.11 Å². The number of nitrogens with one attached hydrogen (secondary N) is 1. The second kappa shape index (κ2) is 7.35. The Hall–Kier alpha value is -2.74. The number of rotatable bonds is 4. The Morgan fingerprint density at radius 1 is 1.14 bits per heavy atom. The predicted molar refractivity (Wildman–Crippen MR) is 98.1 cm³/mol. The van der Waals surface area contributed by atoms with Crippen molar-refractivity contribution < 1.29 is 24.3 Å². The van der Waals surface area contributed by atoms with Crippen molar-refractivity contribution in [2.45, 2.75) is 44.8 Å². The van der Waals surface area contributed by atoms with Crippen LogP contribution in [0.15, 0.2) is 18.2 Å². The van der Waals surface area contributed by atoms with Crippen LogP contribution in [-0.2, 0) is 27.5 Å². The number of carboxylic acid groups (broad SMARTS) is 1. The molecular formula is C20H23N3O5. The van der Waals surface area contributed by atoms with E-state index in [0.29, 0.717) is 37.9 Å². The second-order valence-corrected chi connectivity index (χ2v) is 7.78. The number of nitrogens with zero attached hydrogens (tertiary/aromatic N) is 2. The number of likely N-dealkylation sites (tertiary alicyclic amines) is 1. The Morgan fingerprint density at radius 2 is 1.89 bits per heavy atom. The average molecular weight is 385 g/mol. The molecular weight excluding hydrogens is 362 g/mol. The fraction of sp³-hybridized carbons (Fsp3) is 0.500. The van der Waals surface area contributed by atoms with Gasteiger partial charge in [-0.2, -0.15) is 0 Å². The van der Waals surface area contributed by atoms with Gasteiger partial charge in [0.1, 0.15) is 6.04 Å². The number of piperidine rings is 2. The normalized spacial score (nSPS) is 23.6. The predicted octanol–water partition coefficient (Wildman–Crippen LogP) is 0.744. The molecule has 3 amide bonds. The fourth-order valence-electron chi connectivity index (χ4n) is 4.32. The lowest BCUT2D eigenvalue weighted by Gasteiger charge is -2.30. The van der Waals surface area contributed by atoms with Gasteiger partial charge in [-0.05, 0) is 49.5 Å². The van der Waals surface area contributed by atoms with Gasteiger partial charge in [-0.15, -0.1) is 0 Å². The minimum atomic E-state index is -0.718. The third-order valence-corrected chi connectivity index (χ3v) is 5.93. The zero-order valence-electron chi connectivity index (χ0n) is 15.5. The Balaban J connectivity index is 1.42. The highest BCUT2D eigenvalue weighted by atomic mass is 16.4. The summed E-state index contributed by atoms with van der Waals surface area (Å²) >= 11 is 0. The van der Waals surface area contributed by atoms with Crippen LogP contribution in [0, 0.1) is 5.92 Å². The molecule has 148 valence electrons. The fourth-order valence-corrected chi connectivity index (χ4v) is 4.32. The third kappa shape index (κ3) is 3.52. The quantitative estimate of drug-likeness (QED) is 0.741. The highest BCUT2D eigenvalue weighted by Gasteiger charge is 2.39. The van der Waals surface area contributed by atoms with Crippen molar-refractivity contribution in [2.75, 3.05) is 13.1 Å². The van der Waals surface area contributed by atoms with Crippen LogP contribution in [0.3, 0.4) is 0 Å². The zero-order chi connectivity index (χ0) is 19.8. The molecule has 1 aromatic carbocycles. The maximum atomic E-state index is 12.7. The van der Waals surface area contributed by atoms with Gasteiger partial charge in [0.15, 0.2) is 0 Å². The number of fused-ring (bicyclic) bond motifs is 1. The first-order chi connectivity index (χ1) is 13.4. The van der Waals surface area contributed by atoms with Gasteiger partial charge in [-0.1, -0.05) is 12.1 Å². The molecule has 0 aromatic heterocycles. The molecule has 0 aliphatic carbocycles. The summed E-state index contributed by atoms with van der Waals surface area (Å²) in [5.41, 5.74) is 2.58. The van der Waals surface area contributed by atoms with Crippen LogP contribution in [0.1, 0.15) is 47.2 Å². The number of amides is 3. The standard InChI is InChI=1S/C20H23N3O5/c24-17-4-3-16(18(25)21-17)23-11-14-9-12(1-2-15(14)19(23)26)10-22-7-5-13(6-8-22)20(27)28/h1-2,9,13,16H,3-8,10-11H2,(H,27,28)(H,21,24,25). The van der Waals surface area contributed by atoms with E-state index in [-0.39, 0.29) is 24.2 Å². The minimum absolute atomic E-state index is 0.168. The number of hydrogen-bond donors (Lipinski definition) is 2. The van der Waals surface area contributed by atoms with Gasteiger partial charge >= 0.3 is 5.97 Å². The molecule has 4 rings (SSSR count). The summed E-state index contributed by atoms with van der Waals surface area (Å²) in [6.07, 6.45) is 1.91. The molecule has 8 heteroatoms. The number of imide groups is 1. The minimum Gasteiger partial charge on any atom is -0.481 e. The van der Waals surface area contributed by atoms with Gasteiger partial charge in [-0.25, -0.2) is 0 Å². The van der Waals surface area contributed by atoms with Crippen molar-refractivity contribution >= 4 is 23.7 Å². The Kier molecular flexibility index (Phi) is 4.89. The molecule has 0 bridgehead atoms. The molecule has 3 aliphatic rings. The lowest BCUT2D eigenvalue weighted by molar-refractivity contribution is -0.143. The Bertz CT molecular complexity index is 844. The summed E-state index contributed by atoms with van der Waals surface area (Å²) < 4.78 is 0. The summed E-state index contributed by atoms with van der Waals surface area (Å²) in [4.78, 5) is 51.1. The van der Waals surface area contributed by atoms with E-state index in [0.717, 1.165) is 24.2 Å². The second-order valence-electron chi connectivity index (χ2n) is 7.78. The van der Waals surface area contributed by atoms with E-state index in [1.54, 1.807) is 4.90 Å². The number of hydrogen-bond acceptors (Lipinski definition) is 5. The third-order valence-electron chi connectivity index (χ3n) is 5.93. The van der Waals surface area contributed by atoms with E-state index >= 15 is 0 Å². The maximum absolute atomic E-state index is 12.7. The molecule has 0 saturated carbocycles. The van der Waals surface area contributed by atoms with E-state index in [9.17, 15) is 19.2 Å². The molecule has 3 heterocycles. The first-order valence-corrected chi connectivity index (χ1v) is 9.64. The van der Waals surface area contributed by atoms with Crippen molar-refractivity contribution in [3.8, 4) is 0 Å². The first-order valence-electron chi connectivity index (χ1n) is 9.64. The van der Waals surface area contributed by atoms with Crippen LogP contribution in [0.5, 0.6) is 0 Å². The van der Waals surface area contributed by atoms with Crippen molar-refractivity contribution in [3.05, 3.63) is 34.9 Å². The molecule has 2 saturated heterocycles. The van der Waals surface area contributed by atoms with Gasteiger partial charge in [0.2, 0.25) is 11.8 Å². The zero-order valence-corrected chi connectivity index (χ0v) is 15.5. The van der Waals surface area contributed by atoms with Gasteiger partial charge in [-0.3, -0.25) is 29.4 Å². The van der Waals surface area contributed by atoms with Gasteiger partial charge in [0.25, 0.3) is 5.91 Å². The molecule has 1 atom stereocenters. The molecule has 28 heavy (non-hydrogen) atoms. The van der Waals surface area contributed by atoms with Crippen molar-refractivity contribution in [1.29, 1.82) is 0 Å². The Labute approximate surface area is 162 Å². The van der Waals surface area contributed by atoms with E-state index < -0.39 is 17.9 Å². The van der Waals surface area contributed by atoms with Crippen LogP contribution in [0.25, 0.3) is 0 Å². The molecule has 1 aromatic rings. The Morgan fingerprint density at radius 3 is 2.57 bits per heavy atom. The summed E-state index contributed by atoms with van der Waals surface area (Å²) in [6, 6.07) is 5.13. The molecule has 8 nitrogen and oxygen atoms in total. The van der Waals surface area contributed by atoms with Gasteiger partial charge in [0, 0.05) is 25.1 Å². The van der Waals surface area contributed by atoms with Crippen molar-refractivity contribution in [2.24, 2.45) is 5.92 Å². The van der Waals surface area contributed by atoms with Crippen LogP contribution in [0.4, 0.5) is 0 Å². The molecule has 1 unspecified atom stereocenters. The lowest BCUT2D eigenvalue weighted by Crippen LogP contribution is -2.52. The van der Waals surface area contributed by atoms with E-state index in [2.05, 4.69) is 10.2 Å².